The number of pyridine rings is 1. The van der Waals surface area contributed by atoms with Gasteiger partial charge in [-0.15, -0.1) is 0 Å². The molecule has 0 bridgehead atoms. The molecule has 5 heteroatoms. The van der Waals surface area contributed by atoms with E-state index in [1.165, 1.54) is 6.07 Å². The highest BCUT2D eigenvalue weighted by Crippen LogP contribution is 2.18. The summed E-state index contributed by atoms with van der Waals surface area (Å²) in [6, 6.07) is 5.32. The zero-order chi connectivity index (χ0) is 14.6. The molecule has 19 heavy (non-hydrogen) atoms. The number of rotatable bonds is 4. The van der Waals surface area contributed by atoms with Gasteiger partial charge in [0.1, 0.15) is 10.7 Å². The quantitative estimate of drug-likeness (QED) is 0.860. The van der Waals surface area contributed by atoms with Gasteiger partial charge in [-0.3, -0.25) is 4.79 Å². The summed E-state index contributed by atoms with van der Waals surface area (Å²) in [5.41, 5.74) is 0.316. The Labute approximate surface area is 118 Å². The number of hydrogen-bond acceptors (Lipinski definition) is 3. The summed E-state index contributed by atoms with van der Waals surface area (Å²) in [5, 5.41) is 12.1. The van der Waals surface area contributed by atoms with Crippen molar-refractivity contribution in [3.63, 3.8) is 0 Å². The van der Waals surface area contributed by atoms with E-state index in [0.717, 1.165) is 5.69 Å². The van der Waals surface area contributed by atoms with E-state index >= 15 is 0 Å². The largest absolute Gasteiger partial charge is 0.334 e. The zero-order valence-corrected chi connectivity index (χ0v) is 12.4. The first kappa shape index (κ1) is 15.5. The molecule has 4 nitrogen and oxygen atoms in total. The van der Waals surface area contributed by atoms with Crippen molar-refractivity contribution in [2.45, 2.75) is 45.6 Å². The molecule has 0 radical (unpaired) electrons. The van der Waals surface area contributed by atoms with Crippen molar-refractivity contribution in [3.05, 3.63) is 28.5 Å². The maximum Gasteiger partial charge on any atom is 0.252 e. The van der Waals surface area contributed by atoms with Gasteiger partial charge in [-0.25, -0.2) is 4.98 Å². The lowest BCUT2D eigenvalue weighted by molar-refractivity contribution is 0.0923. The lowest BCUT2D eigenvalue weighted by Crippen LogP contribution is -2.44. The lowest BCUT2D eigenvalue weighted by atomic mass is 10.00. The average Bonchev–Trinajstić information content (AvgIpc) is 2.37. The Morgan fingerprint density at radius 2 is 2.21 bits per heavy atom. The Morgan fingerprint density at radius 1 is 1.58 bits per heavy atom. The fourth-order valence-electron chi connectivity index (χ4n) is 1.46. The number of nitrogens with zero attached hydrogens (tertiary/aromatic N) is 2. The first-order valence-electron chi connectivity index (χ1n) is 6.22. The number of halogens is 1. The maximum absolute atomic E-state index is 12.2. The number of nitriles is 1. The van der Waals surface area contributed by atoms with Crippen LogP contribution in [0.5, 0.6) is 0 Å². The molecule has 1 aromatic rings. The van der Waals surface area contributed by atoms with Crippen LogP contribution in [-0.4, -0.2) is 16.4 Å². The minimum absolute atomic E-state index is 0.179. The summed E-state index contributed by atoms with van der Waals surface area (Å²) in [6.07, 6.45) is 0.533. The molecule has 102 valence electrons. The zero-order valence-electron chi connectivity index (χ0n) is 11.6. The average molecular weight is 280 g/mol. The van der Waals surface area contributed by atoms with Crippen molar-refractivity contribution in [2.75, 3.05) is 0 Å². The van der Waals surface area contributed by atoms with Gasteiger partial charge in [-0.2, -0.15) is 5.26 Å². The van der Waals surface area contributed by atoms with Crippen molar-refractivity contribution in [2.24, 2.45) is 0 Å². The molecule has 1 heterocycles. The van der Waals surface area contributed by atoms with E-state index in [1.807, 2.05) is 20.8 Å². The van der Waals surface area contributed by atoms with E-state index in [9.17, 15) is 4.79 Å². The standard InChI is InChI=1S/C14H18ClN3O/c1-5-14(4,8-16)18-13(19)10-6-11(9(2)3)17-12(15)7-10/h6-7,9H,5H2,1-4H3,(H,18,19). The highest BCUT2D eigenvalue weighted by Gasteiger charge is 2.24. The monoisotopic (exact) mass is 279 g/mol. The van der Waals surface area contributed by atoms with E-state index in [0.29, 0.717) is 12.0 Å². The molecule has 0 saturated carbocycles. The number of hydrogen-bond donors (Lipinski definition) is 1. The Morgan fingerprint density at radius 3 is 2.68 bits per heavy atom. The topological polar surface area (TPSA) is 65.8 Å². The molecule has 0 aliphatic carbocycles. The molecular weight excluding hydrogens is 262 g/mol. The van der Waals surface area contributed by atoms with E-state index in [-0.39, 0.29) is 17.0 Å². The molecule has 0 fully saturated rings. The fraction of sp³-hybridized carbons (Fsp3) is 0.500. The van der Waals surface area contributed by atoms with Crippen LogP contribution in [0.4, 0.5) is 0 Å². The Balaban J connectivity index is 3.04. The third kappa shape index (κ3) is 3.93. The van der Waals surface area contributed by atoms with Crippen LogP contribution in [0.25, 0.3) is 0 Å². The summed E-state index contributed by atoms with van der Waals surface area (Å²) < 4.78 is 0. The predicted octanol–water partition coefficient (Wildman–Crippen LogP) is 3.28. The second-order valence-electron chi connectivity index (χ2n) is 5.01. The first-order valence-corrected chi connectivity index (χ1v) is 6.60. The van der Waals surface area contributed by atoms with Gasteiger partial charge in [0.25, 0.3) is 5.91 Å². The van der Waals surface area contributed by atoms with Gasteiger partial charge in [0.15, 0.2) is 0 Å². The molecule has 0 aliphatic heterocycles. The molecule has 0 spiro atoms. The number of carbonyl (C=O) groups excluding carboxylic acids is 1. The molecule has 0 aromatic carbocycles. The number of nitrogens with one attached hydrogen (secondary N) is 1. The molecule has 1 amide bonds. The van der Waals surface area contributed by atoms with Crippen LogP contribution in [-0.2, 0) is 0 Å². The number of aromatic nitrogens is 1. The summed E-state index contributed by atoms with van der Waals surface area (Å²) in [6.45, 7) is 7.50. The summed E-state index contributed by atoms with van der Waals surface area (Å²) in [4.78, 5) is 16.3. The van der Waals surface area contributed by atoms with Crippen LogP contribution in [0.3, 0.4) is 0 Å². The van der Waals surface area contributed by atoms with Crippen LogP contribution in [0.1, 0.15) is 56.1 Å². The van der Waals surface area contributed by atoms with Gasteiger partial charge in [-0.1, -0.05) is 32.4 Å². The minimum atomic E-state index is -0.870. The number of carbonyl (C=O) groups is 1. The van der Waals surface area contributed by atoms with Gasteiger partial charge in [0.05, 0.1) is 6.07 Å². The van der Waals surface area contributed by atoms with Gasteiger partial charge in [0.2, 0.25) is 0 Å². The molecule has 1 rings (SSSR count). The van der Waals surface area contributed by atoms with E-state index in [2.05, 4.69) is 16.4 Å². The first-order chi connectivity index (χ1) is 8.81. The molecule has 1 N–H and O–H groups in total. The van der Waals surface area contributed by atoms with Crippen molar-refractivity contribution in [1.29, 1.82) is 5.26 Å². The third-order valence-electron chi connectivity index (χ3n) is 3.01. The minimum Gasteiger partial charge on any atom is -0.334 e. The predicted molar refractivity (Wildman–Crippen MR) is 75.1 cm³/mol. The summed E-state index contributed by atoms with van der Waals surface area (Å²) in [5.74, 6) is -0.129. The maximum atomic E-state index is 12.2. The molecule has 1 unspecified atom stereocenters. The van der Waals surface area contributed by atoms with Crippen molar-refractivity contribution >= 4 is 17.5 Å². The van der Waals surface area contributed by atoms with Crippen LogP contribution in [0, 0.1) is 11.3 Å². The molecule has 1 aromatic heterocycles. The molecule has 1 atom stereocenters. The van der Waals surface area contributed by atoms with Gasteiger partial charge >= 0.3 is 0 Å². The van der Waals surface area contributed by atoms with Crippen molar-refractivity contribution in [1.82, 2.24) is 10.3 Å². The van der Waals surface area contributed by atoms with Crippen LogP contribution < -0.4 is 5.32 Å². The van der Waals surface area contributed by atoms with E-state index in [1.54, 1.807) is 13.0 Å². The molecule has 0 saturated heterocycles. The highest BCUT2D eigenvalue weighted by molar-refractivity contribution is 6.29. The SMILES string of the molecule is CCC(C)(C#N)NC(=O)c1cc(Cl)nc(C(C)C)c1. The third-order valence-corrected chi connectivity index (χ3v) is 3.20. The van der Waals surface area contributed by atoms with E-state index < -0.39 is 5.54 Å². The Kier molecular flexibility index (Phi) is 4.90. The van der Waals surface area contributed by atoms with Crippen molar-refractivity contribution in [3.8, 4) is 6.07 Å². The van der Waals surface area contributed by atoms with Crippen LogP contribution >= 0.6 is 11.6 Å². The van der Waals surface area contributed by atoms with E-state index in [4.69, 9.17) is 16.9 Å². The molecule has 0 aliphatic rings. The van der Waals surface area contributed by atoms with Gasteiger partial charge in [0, 0.05) is 11.3 Å². The smallest absolute Gasteiger partial charge is 0.252 e. The van der Waals surface area contributed by atoms with Crippen LogP contribution in [0.2, 0.25) is 5.15 Å². The van der Waals surface area contributed by atoms with Crippen LogP contribution in [0.15, 0.2) is 12.1 Å². The summed E-state index contributed by atoms with van der Waals surface area (Å²) >= 11 is 5.92. The van der Waals surface area contributed by atoms with Gasteiger partial charge in [-0.05, 0) is 31.4 Å². The Hall–Kier alpha value is -1.60. The normalized spacial score (nSPS) is 13.7. The molecular formula is C14H18ClN3O. The Bertz CT molecular complexity index is 522. The lowest BCUT2D eigenvalue weighted by Gasteiger charge is -2.21. The second-order valence-corrected chi connectivity index (χ2v) is 5.40. The fourth-order valence-corrected chi connectivity index (χ4v) is 1.68. The second kappa shape index (κ2) is 6.03. The summed E-state index contributed by atoms with van der Waals surface area (Å²) in [7, 11) is 0. The van der Waals surface area contributed by atoms with Crippen molar-refractivity contribution < 1.29 is 4.79 Å². The van der Waals surface area contributed by atoms with Gasteiger partial charge < -0.3 is 5.32 Å². The highest BCUT2D eigenvalue weighted by atomic mass is 35.5. The number of amides is 1.